The van der Waals surface area contributed by atoms with Crippen LogP contribution in [-0.2, 0) is 14.4 Å². The van der Waals surface area contributed by atoms with Gasteiger partial charge in [0, 0.05) is 40.7 Å². The molecule has 0 bridgehead atoms. The lowest BCUT2D eigenvalue weighted by atomic mass is 9.80. The second kappa shape index (κ2) is 10.0. The number of imide groups is 1. The van der Waals surface area contributed by atoms with Gasteiger partial charge in [-0.1, -0.05) is 35.3 Å². The van der Waals surface area contributed by atoms with Gasteiger partial charge in [0.2, 0.25) is 5.91 Å². The highest BCUT2D eigenvalue weighted by atomic mass is 35.5. The number of urea groups is 1. The first kappa shape index (κ1) is 26.7. The molecule has 2 aliphatic heterocycles. The Labute approximate surface area is 234 Å². The van der Waals surface area contributed by atoms with E-state index in [2.05, 4.69) is 6.07 Å². The van der Waals surface area contributed by atoms with Crippen molar-refractivity contribution in [2.75, 3.05) is 25.0 Å². The highest BCUT2D eigenvalue weighted by Crippen LogP contribution is 2.47. The van der Waals surface area contributed by atoms with E-state index in [0.717, 1.165) is 4.90 Å². The van der Waals surface area contributed by atoms with Gasteiger partial charge >= 0.3 is 12.0 Å². The smallest absolute Gasteiger partial charge is 0.332 e. The van der Waals surface area contributed by atoms with Gasteiger partial charge in [-0.15, -0.1) is 0 Å². The summed E-state index contributed by atoms with van der Waals surface area (Å²) in [6.07, 6.45) is 2.01. The van der Waals surface area contributed by atoms with Gasteiger partial charge in [-0.3, -0.25) is 9.59 Å². The molecule has 0 radical (unpaired) electrons. The fourth-order valence-electron chi connectivity index (χ4n) is 5.93. The third-order valence-corrected chi connectivity index (χ3v) is 8.32. The maximum absolute atomic E-state index is 14.3. The zero-order valence-electron chi connectivity index (χ0n) is 21.0. The SMILES string of the molecule is CN1C(=O)N(c2cc(Cl)cc(Cl)c2)C(=O)C12CN(C(=O)C1=C(C(=O)O)CCCC1)CC2c1ccc(C#N)cc1. The molecule has 200 valence electrons. The lowest BCUT2D eigenvalue weighted by molar-refractivity contribution is -0.134. The van der Waals surface area contributed by atoms with Crippen LogP contribution in [0.15, 0.2) is 53.6 Å². The minimum absolute atomic E-state index is 0.0780. The summed E-state index contributed by atoms with van der Waals surface area (Å²) >= 11 is 12.4. The number of carbonyl (C=O) groups is 4. The third-order valence-electron chi connectivity index (χ3n) is 7.88. The molecular weight excluding hydrogens is 543 g/mol. The van der Waals surface area contributed by atoms with Crippen molar-refractivity contribution in [3.8, 4) is 6.07 Å². The van der Waals surface area contributed by atoms with Crippen LogP contribution < -0.4 is 4.90 Å². The topological polar surface area (TPSA) is 122 Å². The normalized spacial score (nSPS) is 23.1. The molecule has 1 aliphatic carbocycles. The summed E-state index contributed by atoms with van der Waals surface area (Å²) in [5, 5.41) is 19.5. The van der Waals surface area contributed by atoms with Crippen molar-refractivity contribution in [2.24, 2.45) is 0 Å². The third kappa shape index (κ3) is 4.34. The molecule has 4 amide bonds. The van der Waals surface area contributed by atoms with Crippen LogP contribution in [0.5, 0.6) is 0 Å². The number of amides is 4. The fraction of sp³-hybridized carbons (Fsp3) is 0.321. The summed E-state index contributed by atoms with van der Waals surface area (Å²) < 4.78 is 0. The Bertz CT molecular complexity index is 1460. The predicted molar refractivity (Wildman–Crippen MR) is 143 cm³/mol. The van der Waals surface area contributed by atoms with Crippen molar-refractivity contribution in [3.05, 3.63) is 74.8 Å². The number of halogens is 2. The largest absolute Gasteiger partial charge is 0.478 e. The van der Waals surface area contributed by atoms with Gasteiger partial charge in [-0.05, 0) is 61.6 Å². The Kier molecular flexibility index (Phi) is 6.87. The Morgan fingerprint density at radius 1 is 1.03 bits per heavy atom. The maximum atomic E-state index is 14.3. The number of likely N-dealkylation sites (N-methyl/N-ethyl adjacent to an activating group) is 1. The molecule has 2 aromatic carbocycles. The zero-order valence-corrected chi connectivity index (χ0v) is 22.5. The molecule has 39 heavy (non-hydrogen) atoms. The molecule has 2 heterocycles. The number of anilines is 1. The molecule has 2 aromatic rings. The maximum Gasteiger partial charge on any atom is 0.332 e. The molecule has 1 spiro atoms. The van der Waals surface area contributed by atoms with E-state index in [1.807, 2.05) is 0 Å². The Hall–Kier alpha value is -3.87. The van der Waals surface area contributed by atoms with Crippen LogP contribution in [0.25, 0.3) is 0 Å². The van der Waals surface area contributed by atoms with Crippen molar-refractivity contribution >= 4 is 52.7 Å². The van der Waals surface area contributed by atoms with Crippen LogP contribution in [0, 0.1) is 11.3 Å². The van der Waals surface area contributed by atoms with E-state index in [0.29, 0.717) is 36.8 Å². The van der Waals surface area contributed by atoms with Gasteiger partial charge in [0.25, 0.3) is 5.91 Å². The number of carboxylic acid groups (broad SMARTS) is 1. The quantitative estimate of drug-likeness (QED) is 0.540. The average molecular weight is 567 g/mol. The molecule has 0 aromatic heterocycles. The lowest BCUT2D eigenvalue weighted by Gasteiger charge is -2.33. The molecule has 0 saturated carbocycles. The van der Waals surface area contributed by atoms with E-state index < -0.39 is 35.3 Å². The molecule has 3 aliphatic rings. The van der Waals surface area contributed by atoms with Crippen LogP contribution in [0.2, 0.25) is 10.0 Å². The number of benzene rings is 2. The number of nitriles is 1. The first-order chi connectivity index (χ1) is 18.6. The van der Waals surface area contributed by atoms with Crippen LogP contribution in [0.4, 0.5) is 10.5 Å². The molecule has 5 rings (SSSR count). The number of rotatable bonds is 4. The van der Waals surface area contributed by atoms with E-state index in [1.54, 1.807) is 24.3 Å². The summed E-state index contributed by atoms with van der Waals surface area (Å²) in [7, 11) is 1.51. The van der Waals surface area contributed by atoms with Crippen molar-refractivity contribution in [3.63, 3.8) is 0 Å². The molecule has 9 nitrogen and oxygen atoms in total. The number of carbonyl (C=O) groups excluding carboxylic acids is 3. The zero-order chi connectivity index (χ0) is 28.1. The van der Waals surface area contributed by atoms with Crippen LogP contribution >= 0.6 is 23.2 Å². The standard InChI is InChI=1S/C28H24Cl2N4O5/c1-32-27(39)34(20-11-18(29)10-19(30)12-20)26(38)28(32)15-33(14-23(28)17-8-6-16(13-31)7-9-17)24(35)21-4-2-3-5-22(21)25(36)37/h6-12,23H,2-5,14-15H2,1H3,(H,36,37). The first-order valence-corrected chi connectivity index (χ1v) is 13.2. The Balaban J connectivity index is 1.62. The number of aliphatic carboxylic acids is 1. The summed E-state index contributed by atoms with van der Waals surface area (Å²) in [5.74, 6) is -2.76. The van der Waals surface area contributed by atoms with Crippen molar-refractivity contribution in [1.29, 1.82) is 5.26 Å². The van der Waals surface area contributed by atoms with Crippen LogP contribution in [0.1, 0.15) is 42.7 Å². The van der Waals surface area contributed by atoms with E-state index in [9.17, 15) is 29.5 Å². The number of likely N-dealkylation sites (tertiary alicyclic amines) is 1. The minimum atomic E-state index is -1.48. The molecule has 2 saturated heterocycles. The van der Waals surface area contributed by atoms with Gasteiger partial charge in [-0.2, -0.15) is 5.26 Å². The number of nitrogens with zero attached hydrogens (tertiary/aromatic N) is 4. The summed E-state index contributed by atoms with van der Waals surface area (Å²) in [4.78, 5) is 57.4. The minimum Gasteiger partial charge on any atom is -0.478 e. The van der Waals surface area contributed by atoms with Crippen LogP contribution in [0.3, 0.4) is 0 Å². The highest BCUT2D eigenvalue weighted by molar-refractivity contribution is 6.36. The number of hydrogen-bond acceptors (Lipinski definition) is 5. The van der Waals surface area contributed by atoms with Gasteiger partial charge in [0.15, 0.2) is 0 Å². The summed E-state index contributed by atoms with van der Waals surface area (Å²) in [6.45, 7) is -0.0482. The number of carboxylic acids is 1. The van der Waals surface area contributed by atoms with E-state index >= 15 is 0 Å². The van der Waals surface area contributed by atoms with Crippen LogP contribution in [-0.4, -0.2) is 64.4 Å². The van der Waals surface area contributed by atoms with E-state index in [1.165, 1.54) is 35.0 Å². The molecular formula is C28H24Cl2N4O5. The van der Waals surface area contributed by atoms with Crippen molar-refractivity contribution in [1.82, 2.24) is 9.80 Å². The highest BCUT2D eigenvalue weighted by Gasteiger charge is 2.65. The molecule has 2 atom stereocenters. The number of hydrogen-bond donors (Lipinski definition) is 1. The van der Waals surface area contributed by atoms with Gasteiger partial charge in [0.05, 0.1) is 23.9 Å². The van der Waals surface area contributed by atoms with E-state index in [-0.39, 0.29) is 40.0 Å². The first-order valence-electron chi connectivity index (χ1n) is 12.4. The molecule has 11 heteroatoms. The second-order valence-electron chi connectivity index (χ2n) is 9.98. The monoisotopic (exact) mass is 566 g/mol. The predicted octanol–water partition coefficient (Wildman–Crippen LogP) is 4.58. The summed E-state index contributed by atoms with van der Waals surface area (Å²) in [6, 6.07) is 12.6. The van der Waals surface area contributed by atoms with Crippen molar-refractivity contribution in [2.45, 2.75) is 37.1 Å². The molecule has 2 unspecified atom stereocenters. The van der Waals surface area contributed by atoms with E-state index in [4.69, 9.17) is 23.2 Å². The fourth-order valence-corrected chi connectivity index (χ4v) is 6.44. The van der Waals surface area contributed by atoms with Gasteiger partial charge in [0.1, 0.15) is 5.54 Å². The summed E-state index contributed by atoms with van der Waals surface area (Å²) in [5.41, 5.74) is 0.155. The molecule has 1 N–H and O–H groups in total. The van der Waals surface area contributed by atoms with Crippen molar-refractivity contribution < 1.29 is 24.3 Å². The molecule has 2 fully saturated rings. The average Bonchev–Trinajstić information content (AvgIpc) is 3.40. The van der Waals surface area contributed by atoms with Gasteiger partial charge in [-0.25, -0.2) is 14.5 Å². The van der Waals surface area contributed by atoms with Gasteiger partial charge < -0.3 is 14.9 Å². The lowest BCUT2D eigenvalue weighted by Crippen LogP contribution is -2.54. The second-order valence-corrected chi connectivity index (χ2v) is 10.8. The Morgan fingerprint density at radius 2 is 1.64 bits per heavy atom. The Morgan fingerprint density at radius 3 is 2.23 bits per heavy atom.